The Morgan fingerprint density at radius 1 is 0.879 bits per heavy atom. The molecule has 2 aliphatic rings. The number of benzene rings is 4. The van der Waals surface area contributed by atoms with Crippen LogP contribution in [0.3, 0.4) is 0 Å². The van der Waals surface area contributed by atoms with Crippen LogP contribution in [-0.2, 0) is 53.4 Å². The molecule has 0 radical (unpaired) electrons. The molecule has 5 aromatic rings. The van der Waals surface area contributed by atoms with Gasteiger partial charge in [-0.05, 0) is 27.5 Å². The van der Waals surface area contributed by atoms with Crippen molar-refractivity contribution in [1.82, 2.24) is 15.5 Å². The summed E-state index contributed by atoms with van der Waals surface area (Å²) in [5, 5.41) is 8.50. The van der Waals surface area contributed by atoms with Crippen molar-refractivity contribution in [3.8, 4) is 0 Å². The lowest BCUT2D eigenvalue weighted by Crippen LogP contribution is -2.72. The number of aromatic nitrogens is 1. The van der Waals surface area contributed by atoms with Crippen molar-refractivity contribution in [2.45, 2.75) is 35.3 Å². The van der Waals surface area contributed by atoms with Crippen LogP contribution in [0.15, 0.2) is 132 Å². The first kappa shape index (κ1) is 39.3. The van der Waals surface area contributed by atoms with E-state index in [2.05, 4.69) is 15.5 Å². The molecule has 0 bridgehead atoms. The van der Waals surface area contributed by atoms with Crippen molar-refractivity contribution in [3.05, 3.63) is 155 Å². The second-order valence-electron chi connectivity index (χ2n) is 13.4. The molecule has 7 rings (SSSR count). The van der Waals surface area contributed by atoms with E-state index in [9.17, 15) is 19.2 Å². The van der Waals surface area contributed by atoms with Crippen molar-refractivity contribution in [2.75, 3.05) is 26.6 Å². The molecule has 0 aliphatic carbocycles. The Labute approximate surface area is 336 Å². The maximum absolute atomic E-state index is 15.4. The number of cyclic esters (lactones) is 1. The Morgan fingerprint density at radius 3 is 1.90 bits per heavy atom. The van der Waals surface area contributed by atoms with Crippen LogP contribution in [0.2, 0.25) is 0 Å². The molecule has 0 spiro atoms. The first-order valence-corrected chi connectivity index (χ1v) is 18.9. The molecule has 2 saturated heterocycles. The molecular formula is C42H37N5O10S. The molecule has 3 heterocycles. The lowest BCUT2D eigenvalue weighted by molar-refractivity contribution is -0.310. The molecule has 3 N–H and O–H groups in total. The third kappa shape index (κ3) is 6.71. The number of amides is 2. The number of rotatable bonds is 13. The van der Waals surface area contributed by atoms with E-state index in [1.165, 1.54) is 12.5 Å². The monoisotopic (exact) mass is 803 g/mol. The number of hydrogen-bond acceptors (Lipinski definition) is 14. The third-order valence-corrected chi connectivity index (χ3v) is 10.9. The number of nitrogens with one attached hydrogen (secondary N) is 1. The number of methoxy groups -OCH3 is 1. The van der Waals surface area contributed by atoms with E-state index in [4.69, 9.17) is 29.7 Å². The Morgan fingerprint density at radius 2 is 1.43 bits per heavy atom. The van der Waals surface area contributed by atoms with Gasteiger partial charge in [0.25, 0.3) is 5.91 Å². The molecule has 2 atom stereocenters. The number of oxime groups is 1. The summed E-state index contributed by atoms with van der Waals surface area (Å²) in [4.78, 5) is 93.4. The fourth-order valence-electron chi connectivity index (χ4n) is 7.73. The third-order valence-electron chi connectivity index (χ3n) is 10.2. The van der Waals surface area contributed by atoms with Crippen molar-refractivity contribution < 1.29 is 48.0 Å². The van der Waals surface area contributed by atoms with Gasteiger partial charge in [-0.2, -0.15) is 0 Å². The van der Waals surface area contributed by atoms with Gasteiger partial charge in [-0.15, -0.1) is 11.3 Å². The number of nitrogens with zero attached hydrogens (tertiary/aromatic N) is 3. The molecule has 296 valence electrons. The molecular weight excluding hydrogens is 767 g/mol. The lowest BCUT2D eigenvalue weighted by atomic mass is 9.60. The molecule has 2 aliphatic heterocycles. The molecule has 16 heteroatoms. The molecule has 2 fully saturated rings. The summed E-state index contributed by atoms with van der Waals surface area (Å²) in [5.74, 6) is -5.90. The van der Waals surface area contributed by atoms with Gasteiger partial charge in [0.15, 0.2) is 21.8 Å². The number of carbonyl (C=O) groups is 5. The number of carbonyl (C=O) groups excluding carboxylic acids is 5. The second kappa shape index (κ2) is 16.3. The average molecular weight is 804 g/mol. The predicted octanol–water partition coefficient (Wildman–Crippen LogP) is 4.23. The van der Waals surface area contributed by atoms with E-state index in [1.54, 1.807) is 121 Å². The van der Waals surface area contributed by atoms with Crippen LogP contribution in [-0.4, -0.2) is 77.6 Å². The van der Waals surface area contributed by atoms with Crippen LogP contribution in [0, 0.1) is 0 Å². The van der Waals surface area contributed by atoms with Crippen molar-refractivity contribution >= 4 is 51.9 Å². The molecule has 0 saturated carbocycles. The normalized spacial score (nSPS) is 19.4. The zero-order valence-corrected chi connectivity index (χ0v) is 32.0. The first-order valence-electron chi connectivity index (χ1n) is 18.0. The predicted molar refractivity (Wildman–Crippen MR) is 208 cm³/mol. The van der Waals surface area contributed by atoms with E-state index in [0.29, 0.717) is 16.4 Å². The van der Waals surface area contributed by atoms with Gasteiger partial charge < -0.3 is 30.2 Å². The van der Waals surface area contributed by atoms with Crippen LogP contribution >= 0.6 is 11.3 Å². The minimum Gasteiger partial charge on any atom is -0.468 e. The van der Waals surface area contributed by atoms with E-state index in [0.717, 1.165) is 18.4 Å². The molecule has 1 aromatic heterocycles. The maximum atomic E-state index is 15.4. The first-order chi connectivity index (χ1) is 28.1. The Balaban J connectivity index is 1.39. The van der Waals surface area contributed by atoms with Crippen LogP contribution < -0.4 is 11.1 Å². The van der Waals surface area contributed by atoms with Gasteiger partial charge in [0.1, 0.15) is 19.4 Å². The van der Waals surface area contributed by atoms with Gasteiger partial charge in [0.2, 0.25) is 5.60 Å². The molecule has 2 amide bonds. The summed E-state index contributed by atoms with van der Waals surface area (Å²) in [6.07, 6.45) is -0.243. The smallest absolute Gasteiger partial charge is 0.379 e. The highest BCUT2D eigenvalue weighted by molar-refractivity contribution is 7.13. The number of hydrogen-bond donors (Lipinski definition) is 2. The number of nitrogen functional groups attached to an aromatic ring is 1. The summed E-state index contributed by atoms with van der Waals surface area (Å²) < 4.78 is 11.4. The van der Waals surface area contributed by atoms with Crippen LogP contribution in [0.25, 0.3) is 0 Å². The van der Waals surface area contributed by atoms with Crippen LogP contribution in [0.4, 0.5) is 5.13 Å². The Bertz CT molecular complexity index is 2270. The number of hydroxylamine groups is 2. The molecule has 2 unspecified atom stereocenters. The Hall–Kier alpha value is -6.91. The standard InChI is InChI=1S/C42H37N5O10S/c1-53-38(52)42(29-19-11-5-12-20-29,30-21-13-6-14-22-30)41(45-35(49)34(46-54-2)31-25-58-39(43)44-31)26-55-47(36(41)50)57-37(51)40(24-23-32(48)56-40)33(27-15-7-3-8-16-27)28-17-9-4-10-18-28/h3-22,25,33H,23-24,26H2,1-2H3,(H2,43,44)(H,45,49). The van der Waals surface area contributed by atoms with Crippen LogP contribution in [0.1, 0.15) is 46.7 Å². The van der Waals surface area contributed by atoms with Crippen molar-refractivity contribution in [1.29, 1.82) is 0 Å². The van der Waals surface area contributed by atoms with Gasteiger partial charge in [-0.25, -0.2) is 14.6 Å². The number of nitrogens with two attached hydrogens (primary N) is 1. The molecule has 15 nitrogen and oxygen atoms in total. The topological polar surface area (TPSA) is 198 Å². The molecule has 4 aromatic carbocycles. The average Bonchev–Trinajstić information content (AvgIpc) is 3.96. The number of esters is 2. The Kier molecular flexibility index (Phi) is 11.0. The van der Waals surface area contributed by atoms with E-state index >= 15 is 4.79 Å². The fourth-order valence-corrected chi connectivity index (χ4v) is 8.28. The largest absolute Gasteiger partial charge is 0.468 e. The van der Waals surface area contributed by atoms with Gasteiger partial charge in [-0.3, -0.25) is 19.2 Å². The SMILES string of the molecule is CON=C(C(=O)NC1(C(C(=O)OC)(c2ccccc2)c2ccccc2)CON(OC(=O)C2(C(c3ccccc3)c3ccccc3)CCC(=O)O2)C1=O)c1csc(N)n1. The van der Waals surface area contributed by atoms with Gasteiger partial charge in [0, 0.05) is 18.2 Å². The highest BCUT2D eigenvalue weighted by atomic mass is 32.1. The molecule has 58 heavy (non-hydrogen) atoms. The summed E-state index contributed by atoms with van der Waals surface area (Å²) in [7, 11) is 2.35. The summed E-state index contributed by atoms with van der Waals surface area (Å²) >= 11 is 1.03. The fraction of sp³-hybridized carbons (Fsp3) is 0.214. The number of anilines is 1. The van der Waals surface area contributed by atoms with Gasteiger partial charge in [-0.1, -0.05) is 126 Å². The minimum atomic E-state index is -2.49. The summed E-state index contributed by atoms with van der Waals surface area (Å²) in [6.45, 7) is -0.795. The lowest BCUT2D eigenvalue weighted by Gasteiger charge is -2.44. The van der Waals surface area contributed by atoms with Crippen molar-refractivity contribution in [3.63, 3.8) is 0 Å². The highest BCUT2D eigenvalue weighted by Gasteiger charge is 2.71. The van der Waals surface area contributed by atoms with Crippen LogP contribution in [0.5, 0.6) is 0 Å². The zero-order chi connectivity index (χ0) is 40.9. The minimum absolute atomic E-state index is 0.00703. The van der Waals surface area contributed by atoms with E-state index < -0.39 is 64.5 Å². The second-order valence-corrected chi connectivity index (χ2v) is 14.2. The maximum Gasteiger partial charge on any atom is 0.379 e. The highest BCUT2D eigenvalue weighted by Crippen LogP contribution is 2.49. The van der Waals surface area contributed by atoms with Gasteiger partial charge >= 0.3 is 23.8 Å². The van der Waals surface area contributed by atoms with E-state index in [1.807, 2.05) is 0 Å². The summed E-state index contributed by atoms with van der Waals surface area (Å²) in [5.41, 5.74) is 0.452. The summed E-state index contributed by atoms with van der Waals surface area (Å²) in [6, 6.07) is 34.2. The number of ether oxygens (including phenoxy) is 2. The number of thiazole rings is 1. The quantitative estimate of drug-likeness (QED) is 0.0978. The zero-order valence-electron chi connectivity index (χ0n) is 31.2. The van der Waals surface area contributed by atoms with E-state index in [-0.39, 0.29) is 34.8 Å². The van der Waals surface area contributed by atoms with Gasteiger partial charge in [0.05, 0.1) is 13.0 Å². The van der Waals surface area contributed by atoms with Crippen molar-refractivity contribution in [2.24, 2.45) is 5.16 Å².